The van der Waals surface area contributed by atoms with Crippen molar-refractivity contribution in [2.75, 3.05) is 6.61 Å². The molecule has 0 atom stereocenters. The Balaban J connectivity index is 2.49. The van der Waals surface area contributed by atoms with Gasteiger partial charge in [-0.25, -0.2) is 0 Å². The third-order valence-corrected chi connectivity index (χ3v) is 1.22. The fourth-order valence-corrected chi connectivity index (χ4v) is 0.862. The summed E-state index contributed by atoms with van der Waals surface area (Å²) < 4.78 is 5.10. The summed E-state index contributed by atoms with van der Waals surface area (Å²) in [6.45, 7) is 2.31. The normalized spacial score (nSPS) is 22.1. The Bertz CT molecular complexity index is 139. The van der Waals surface area contributed by atoms with Crippen molar-refractivity contribution in [1.82, 2.24) is 0 Å². The van der Waals surface area contributed by atoms with E-state index < -0.39 is 0 Å². The average Bonchev–Trinajstić information content (AvgIpc) is 2.15. The molecule has 0 aromatic rings. The zero-order chi connectivity index (χ0) is 6.69. The van der Waals surface area contributed by atoms with E-state index in [4.69, 9.17) is 4.74 Å². The van der Waals surface area contributed by atoms with Crippen molar-refractivity contribution in [2.45, 2.75) is 19.8 Å². The van der Waals surface area contributed by atoms with Gasteiger partial charge in [-0.15, -0.1) is 0 Å². The first-order chi connectivity index (χ1) is 4.29. The number of carbonyl (C=O) groups excluding carboxylic acids is 1. The first kappa shape index (κ1) is 6.33. The van der Waals surface area contributed by atoms with Gasteiger partial charge in [-0.1, -0.05) is 0 Å². The highest BCUT2D eigenvalue weighted by Crippen LogP contribution is 2.14. The van der Waals surface area contributed by atoms with E-state index in [-0.39, 0.29) is 5.78 Å². The smallest absolute Gasteiger partial charge is 0.155 e. The van der Waals surface area contributed by atoms with Crippen LogP contribution in [0.3, 0.4) is 0 Å². The molecule has 0 spiro atoms. The minimum atomic E-state index is 0.0758. The quantitative estimate of drug-likeness (QED) is 0.494. The SMILES string of the molecule is CC(=O)C=C1CCCO1. The molecule has 1 saturated heterocycles. The maximum atomic E-state index is 10.4. The van der Waals surface area contributed by atoms with Gasteiger partial charge in [-0.2, -0.15) is 0 Å². The number of hydrogen-bond donors (Lipinski definition) is 0. The van der Waals surface area contributed by atoms with Crippen molar-refractivity contribution in [3.05, 3.63) is 11.8 Å². The standard InChI is InChI=1S/C7H10O2/c1-6(8)5-7-3-2-4-9-7/h5H,2-4H2,1H3. The van der Waals surface area contributed by atoms with Crippen LogP contribution in [0.15, 0.2) is 11.8 Å². The Hall–Kier alpha value is -0.790. The van der Waals surface area contributed by atoms with Crippen molar-refractivity contribution < 1.29 is 9.53 Å². The van der Waals surface area contributed by atoms with Crippen molar-refractivity contribution >= 4 is 5.78 Å². The molecule has 0 aliphatic carbocycles. The summed E-state index contributed by atoms with van der Waals surface area (Å²) in [6.07, 6.45) is 3.55. The Morgan fingerprint density at radius 2 is 2.56 bits per heavy atom. The van der Waals surface area contributed by atoms with Gasteiger partial charge in [0.2, 0.25) is 0 Å². The van der Waals surface area contributed by atoms with Gasteiger partial charge in [0.1, 0.15) is 0 Å². The lowest BCUT2D eigenvalue weighted by atomic mass is 10.3. The van der Waals surface area contributed by atoms with Crippen LogP contribution in [0, 0.1) is 0 Å². The molecule has 0 aromatic heterocycles. The summed E-state index contributed by atoms with van der Waals surface area (Å²) in [6, 6.07) is 0. The molecule has 1 rings (SSSR count). The lowest BCUT2D eigenvalue weighted by molar-refractivity contribution is -0.112. The van der Waals surface area contributed by atoms with Crippen LogP contribution >= 0.6 is 0 Å². The van der Waals surface area contributed by atoms with Crippen LogP contribution in [0.4, 0.5) is 0 Å². The molecule has 1 heterocycles. The number of allylic oxidation sites excluding steroid dienone is 2. The van der Waals surface area contributed by atoms with Crippen molar-refractivity contribution in [1.29, 1.82) is 0 Å². The highest BCUT2D eigenvalue weighted by molar-refractivity contribution is 5.87. The first-order valence-corrected chi connectivity index (χ1v) is 3.13. The topological polar surface area (TPSA) is 26.3 Å². The molecular formula is C7H10O2. The molecule has 0 unspecified atom stereocenters. The highest BCUT2D eigenvalue weighted by atomic mass is 16.5. The van der Waals surface area contributed by atoms with E-state index in [1.807, 2.05) is 0 Å². The van der Waals surface area contributed by atoms with E-state index in [0.29, 0.717) is 0 Å². The van der Waals surface area contributed by atoms with Crippen molar-refractivity contribution in [3.63, 3.8) is 0 Å². The zero-order valence-corrected chi connectivity index (χ0v) is 5.52. The van der Waals surface area contributed by atoms with Gasteiger partial charge in [0.05, 0.1) is 12.4 Å². The maximum Gasteiger partial charge on any atom is 0.155 e. The van der Waals surface area contributed by atoms with Crippen LogP contribution in [0.5, 0.6) is 0 Å². The summed E-state index contributed by atoms with van der Waals surface area (Å²) in [7, 11) is 0. The third kappa shape index (κ3) is 1.88. The monoisotopic (exact) mass is 126 g/mol. The summed E-state index contributed by atoms with van der Waals surface area (Å²) in [4.78, 5) is 10.4. The van der Waals surface area contributed by atoms with E-state index in [9.17, 15) is 4.79 Å². The molecular weight excluding hydrogens is 116 g/mol. The summed E-state index contributed by atoms with van der Waals surface area (Å²) in [5.74, 6) is 0.925. The second-order valence-corrected chi connectivity index (χ2v) is 2.17. The number of hydrogen-bond acceptors (Lipinski definition) is 2. The van der Waals surface area contributed by atoms with Crippen LogP contribution in [0.25, 0.3) is 0 Å². The predicted octanol–water partition coefficient (Wildman–Crippen LogP) is 1.27. The van der Waals surface area contributed by atoms with Gasteiger partial charge in [0.15, 0.2) is 5.78 Å². The minimum absolute atomic E-state index is 0.0758. The number of rotatable bonds is 1. The largest absolute Gasteiger partial charge is 0.498 e. The Kier molecular flexibility index (Phi) is 1.88. The third-order valence-electron chi connectivity index (χ3n) is 1.22. The Morgan fingerprint density at radius 3 is 3.00 bits per heavy atom. The number of ether oxygens (including phenoxy) is 1. The molecule has 2 heteroatoms. The van der Waals surface area contributed by atoms with Gasteiger partial charge >= 0.3 is 0 Å². The Morgan fingerprint density at radius 1 is 1.78 bits per heavy atom. The maximum absolute atomic E-state index is 10.4. The van der Waals surface area contributed by atoms with Gasteiger partial charge < -0.3 is 4.74 Å². The van der Waals surface area contributed by atoms with Crippen LogP contribution in [-0.2, 0) is 9.53 Å². The molecule has 0 saturated carbocycles. The van der Waals surface area contributed by atoms with Crippen LogP contribution in [0.2, 0.25) is 0 Å². The van der Waals surface area contributed by atoms with E-state index in [0.717, 1.165) is 25.2 Å². The predicted molar refractivity (Wildman–Crippen MR) is 33.9 cm³/mol. The molecule has 0 N–H and O–H groups in total. The molecule has 0 bridgehead atoms. The fourth-order valence-electron chi connectivity index (χ4n) is 0.862. The molecule has 0 amide bonds. The average molecular weight is 126 g/mol. The lowest BCUT2D eigenvalue weighted by Gasteiger charge is -1.93. The number of carbonyl (C=O) groups is 1. The van der Waals surface area contributed by atoms with E-state index in [1.54, 1.807) is 6.08 Å². The van der Waals surface area contributed by atoms with Crippen molar-refractivity contribution in [3.8, 4) is 0 Å². The second kappa shape index (κ2) is 2.67. The number of ketones is 1. The van der Waals surface area contributed by atoms with Crippen LogP contribution in [-0.4, -0.2) is 12.4 Å². The minimum Gasteiger partial charge on any atom is -0.498 e. The second-order valence-electron chi connectivity index (χ2n) is 2.17. The molecule has 50 valence electrons. The van der Waals surface area contributed by atoms with Gasteiger partial charge in [-0.05, 0) is 13.3 Å². The summed E-state index contributed by atoms with van der Waals surface area (Å²) in [5, 5.41) is 0. The Labute approximate surface area is 54.5 Å². The zero-order valence-electron chi connectivity index (χ0n) is 5.52. The molecule has 1 fully saturated rings. The molecule has 1 aliphatic rings. The van der Waals surface area contributed by atoms with Crippen molar-refractivity contribution in [2.24, 2.45) is 0 Å². The van der Waals surface area contributed by atoms with E-state index >= 15 is 0 Å². The summed E-state index contributed by atoms with van der Waals surface area (Å²) in [5.41, 5.74) is 0. The summed E-state index contributed by atoms with van der Waals surface area (Å²) >= 11 is 0. The fraction of sp³-hybridized carbons (Fsp3) is 0.571. The lowest BCUT2D eigenvalue weighted by Crippen LogP contribution is -1.86. The molecule has 0 aromatic carbocycles. The van der Waals surface area contributed by atoms with Crippen LogP contribution < -0.4 is 0 Å². The molecule has 0 radical (unpaired) electrons. The molecule has 9 heavy (non-hydrogen) atoms. The van der Waals surface area contributed by atoms with Gasteiger partial charge in [0, 0.05) is 12.5 Å². The van der Waals surface area contributed by atoms with E-state index in [1.165, 1.54) is 6.92 Å². The van der Waals surface area contributed by atoms with Gasteiger partial charge in [0.25, 0.3) is 0 Å². The van der Waals surface area contributed by atoms with Crippen LogP contribution in [0.1, 0.15) is 19.8 Å². The van der Waals surface area contributed by atoms with E-state index in [2.05, 4.69) is 0 Å². The highest BCUT2D eigenvalue weighted by Gasteiger charge is 2.06. The first-order valence-electron chi connectivity index (χ1n) is 3.13. The molecule has 2 nitrogen and oxygen atoms in total. The van der Waals surface area contributed by atoms with Gasteiger partial charge in [-0.3, -0.25) is 4.79 Å². The molecule has 1 aliphatic heterocycles.